The quantitative estimate of drug-likeness (QED) is 0.880. The fourth-order valence-electron chi connectivity index (χ4n) is 2.53. The van der Waals surface area contributed by atoms with Crippen molar-refractivity contribution in [3.8, 4) is 0 Å². The lowest BCUT2D eigenvalue weighted by Gasteiger charge is -2.35. The van der Waals surface area contributed by atoms with E-state index >= 15 is 0 Å². The fourth-order valence-corrected chi connectivity index (χ4v) is 2.53. The number of likely N-dealkylation sites (N-methyl/N-ethyl adjacent to an activating group) is 1. The third-order valence-corrected chi connectivity index (χ3v) is 3.75. The lowest BCUT2D eigenvalue weighted by molar-refractivity contribution is -0.133. The molecule has 0 heterocycles. The lowest BCUT2D eigenvalue weighted by Crippen LogP contribution is -2.43. The Kier molecular flexibility index (Phi) is 3.44. The van der Waals surface area contributed by atoms with E-state index in [1.54, 1.807) is 0 Å². The van der Waals surface area contributed by atoms with Crippen LogP contribution in [0.15, 0.2) is 24.3 Å². The number of carbonyl (C=O) groups excluding carboxylic acids is 1. The minimum Gasteiger partial charge on any atom is -0.345 e. The van der Waals surface area contributed by atoms with Gasteiger partial charge in [-0.2, -0.15) is 0 Å². The summed E-state index contributed by atoms with van der Waals surface area (Å²) >= 11 is 0. The summed E-state index contributed by atoms with van der Waals surface area (Å²) in [6, 6.07) is 8.19. The average molecular weight is 246 g/mol. The highest BCUT2D eigenvalue weighted by Gasteiger charge is 2.34. The molecule has 0 saturated heterocycles. The minimum atomic E-state index is -0.0202. The zero-order valence-corrected chi connectivity index (χ0v) is 11.4. The van der Waals surface area contributed by atoms with Gasteiger partial charge in [0.15, 0.2) is 0 Å². The van der Waals surface area contributed by atoms with Crippen molar-refractivity contribution in [2.45, 2.75) is 26.2 Å². The van der Waals surface area contributed by atoms with Gasteiger partial charge in [-0.3, -0.25) is 4.79 Å². The van der Waals surface area contributed by atoms with Gasteiger partial charge in [-0.1, -0.05) is 38.1 Å². The number of rotatable bonds is 4. The van der Waals surface area contributed by atoms with Gasteiger partial charge in [-0.25, -0.2) is 0 Å². The van der Waals surface area contributed by atoms with Crippen molar-refractivity contribution in [1.82, 2.24) is 4.90 Å². The lowest BCUT2D eigenvalue weighted by atomic mass is 9.76. The van der Waals surface area contributed by atoms with E-state index in [0.29, 0.717) is 13.1 Å². The molecule has 0 fully saturated rings. The summed E-state index contributed by atoms with van der Waals surface area (Å²) in [5.74, 6) is 0.273. The van der Waals surface area contributed by atoms with Gasteiger partial charge in [0.05, 0.1) is 5.92 Å². The molecular weight excluding hydrogens is 224 g/mol. The summed E-state index contributed by atoms with van der Waals surface area (Å²) < 4.78 is 0. The Labute approximate surface area is 109 Å². The van der Waals surface area contributed by atoms with Crippen LogP contribution in [-0.2, 0) is 11.2 Å². The summed E-state index contributed by atoms with van der Waals surface area (Å²) in [5, 5.41) is 0. The SMILES string of the molecule is CN(CC(C)(C)CN)C(=O)C1Cc2ccccc21. The highest BCUT2D eigenvalue weighted by molar-refractivity contribution is 5.86. The van der Waals surface area contributed by atoms with Gasteiger partial charge in [0.25, 0.3) is 0 Å². The maximum Gasteiger partial charge on any atom is 0.230 e. The number of fused-ring (bicyclic) bond motifs is 1. The van der Waals surface area contributed by atoms with Crippen molar-refractivity contribution in [1.29, 1.82) is 0 Å². The van der Waals surface area contributed by atoms with Crippen LogP contribution in [0.4, 0.5) is 0 Å². The molecule has 1 aromatic carbocycles. The summed E-state index contributed by atoms with van der Waals surface area (Å²) in [4.78, 5) is 14.2. The Morgan fingerprint density at radius 2 is 2.11 bits per heavy atom. The smallest absolute Gasteiger partial charge is 0.230 e. The van der Waals surface area contributed by atoms with E-state index in [0.717, 1.165) is 6.42 Å². The maximum absolute atomic E-state index is 12.4. The molecule has 0 radical (unpaired) electrons. The predicted molar refractivity (Wildman–Crippen MR) is 73.4 cm³/mol. The molecule has 2 N–H and O–H groups in total. The predicted octanol–water partition coefficient (Wildman–Crippen LogP) is 1.77. The van der Waals surface area contributed by atoms with Crippen LogP contribution in [0.3, 0.4) is 0 Å². The molecule has 0 spiro atoms. The largest absolute Gasteiger partial charge is 0.345 e. The van der Waals surface area contributed by atoms with E-state index < -0.39 is 0 Å². The minimum absolute atomic E-state index is 0.0202. The van der Waals surface area contributed by atoms with Gasteiger partial charge in [-0.15, -0.1) is 0 Å². The van der Waals surface area contributed by atoms with Crippen LogP contribution in [0.25, 0.3) is 0 Å². The number of amides is 1. The maximum atomic E-state index is 12.4. The van der Waals surface area contributed by atoms with Crippen LogP contribution < -0.4 is 5.73 Å². The van der Waals surface area contributed by atoms with Gasteiger partial charge >= 0.3 is 0 Å². The van der Waals surface area contributed by atoms with Gasteiger partial charge in [-0.05, 0) is 29.5 Å². The average Bonchev–Trinajstić information content (AvgIpc) is 2.30. The van der Waals surface area contributed by atoms with Gasteiger partial charge in [0, 0.05) is 13.6 Å². The molecule has 0 aromatic heterocycles. The molecule has 98 valence electrons. The number of benzene rings is 1. The highest BCUT2D eigenvalue weighted by Crippen LogP contribution is 2.36. The van der Waals surface area contributed by atoms with Crippen LogP contribution >= 0.6 is 0 Å². The van der Waals surface area contributed by atoms with Crippen LogP contribution in [0, 0.1) is 5.41 Å². The van der Waals surface area contributed by atoms with Crippen molar-refractivity contribution in [3.05, 3.63) is 35.4 Å². The molecule has 18 heavy (non-hydrogen) atoms. The number of hydrogen-bond donors (Lipinski definition) is 1. The number of nitrogens with two attached hydrogens (primary N) is 1. The van der Waals surface area contributed by atoms with Crippen LogP contribution in [0.5, 0.6) is 0 Å². The summed E-state index contributed by atoms with van der Waals surface area (Å²) in [6.07, 6.45) is 0.877. The second kappa shape index (κ2) is 4.73. The normalized spacial score (nSPS) is 17.9. The van der Waals surface area contributed by atoms with Crippen molar-refractivity contribution in [3.63, 3.8) is 0 Å². The first-order chi connectivity index (χ1) is 8.44. The molecule has 2 rings (SSSR count). The number of nitrogens with zero attached hydrogens (tertiary/aromatic N) is 1. The van der Waals surface area contributed by atoms with E-state index in [2.05, 4.69) is 26.0 Å². The number of carbonyl (C=O) groups is 1. The third-order valence-electron chi connectivity index (χ3n) is 3.75. The molecule has 1 aliphatic carbocycles. The summed E-state index contributed by atoms with van der Waals surface area (Å²) in [7, 11) is 1.88. The Balaban J connectivity index is 2.02. The zero-order valence-electron chi connectivity index (χ0n) is 11.4. The topological polar surface area (TPSA) is 46.3 Å². The van der Waals surface area contributed by atoms with E-state index in [-0.39, 0.29) is 17.2 Å². The third kappa shape index (κ3) is 2.41. The zero-order chi connectivity index (χ0) is 13.3. The van der Waals surface area contributed by atoms with E-state index in [1.165, 1.54) is 11.1 Å². The Hall–Kier alpha value is -1.35. The van der Waals surface area contributed by atoms with E-state index in [9.17, 15) is 4.79 Å². The Morgan fingerprint density at radius 1 is 1.44 bits per heavy atom. The van der Waals surface area contributed by atoms with Gasteiger partial charge in [0.2, 0.25) is 5.91 Å². The standard InChI is InChI=1S/C15H22N2O/c1-15(2,9-16)10-17(3)14(18)13-8-11-6-4-5-7-12(11)13/h4-7,13H,8-10,16H2,1-3H3. The fraction of sp³-hybridized carbons (Fsp3) is 0.533. The van der Waals surface area contributed by atoms with Crippen LogP contribution in [0.2, 0.25) is 0 Å². The van der Waals surface area contributed by atoms with Crippen molar-refractivity contribution < 1.29 is 4.79 Å². The highest BCUT2D eigenvalue weighted by atomic mass is 16.2. The second-order valence-electron chi connectivity index (χ2n) is 6.02. The molecule has 3 nitrogen and oxygen atoms in total. The molecule has 0 saturated carbocycles. The first kappa shape index (κ1) is 13.1. The summed E-state index contributed by atoms with van der Waals surface area (Å²) in [5.41, 5.74) is 8.20. The second-order valence-corrected chi connectivity index (χ2v) is 6.02. The molecule has 0 aliphatic heterocycles. The molecule has 1 amide bonds. The van der Waals surface area contributed by atoms with Crippen molar-refractivity contribution >= 4 is 5.91 Å². The molecular formula is C15H22N2O. The summed E-state index contributed by atoms with van der Waals surface area (Å²) in [6.45, 7) is 5.48. The van der Waals surface area contributed by atoms with Crippen LogP contribution in [-0.4, -0.2) is 30.9 Å². The molecule has 0 bridgehead atoms. The number of hydrogen-bond acceptors (Lipinski definition) is 2. The van der Waals surface area contributed by atoms with Crippen LogP contribution in [0.1, 0.15) is 30.9 Å². The first-order valence-electron chi connectivity index (χ1n) is 6.47. The Morgan fingerprint density at radius 3 is 2.72 bits per heavy atom. The molecule has 1 atom stereocenters. The van der Waals surface area contributed by atoms with Crippen molar-refractivity contribution in [2.75, 3.05) is 20.1 Å². The first-order valence-corrected chi connectivity index (χ1v) is 6.47. The van der Waals surface area contributed by atoms with Crippen molar-refractivity contribution in [2.24, 2.45) is 11.1 Å². The molecule has 1 unspecified atom stereocenters. The molecule has 1 aliphatic rings. The van der Waals surface area contributed by atoms with E-state index in [1.807, 2.05) is 24.1 Å². The van der Waals surface area contributed by atoms with Gasteiger partial charge < -0.3 is 10.6 Å². The monoisotopic (exact) mass is 246 g/mol. The Bertz CT molecular complexity index is 454. The van der Waals surface area contributed by atoms with E-state index in [4.69, 9.17) is 5.73 Å². The molecule has 1 aromatic rings. The molecule has 3 heteroatoms. The van der Waals surface area contributed by atoms with Gasteiger partial charge in [0.1, 0.15) is 0 Å².